The monoisotopic (exact) mass is 380 g/mol. The highest BCUT2D eigenvalue weighted by Crippen LogP contribution is 2.24. The number of carbonyl (C=O) groups excluding carboxylic acids is 1. The fourth-order valence-corrected chi connectivity index (χ4v) is 2.88. The van der Waals surface area contributed by atoms with E-state index in [9.17, 15) is 14.7 Å². The molecule has 0 aliphatic carbocycles. The van der Waals surface area contributed by atoms with E-state index in [4.69, 9.17) is 14.2 Å². The van der Waals surface area contributed by atoms with Crippen LogP contribution in [0.5, 0.6) is 11.5 Å². The summed E-state index contributed by atoms with van der Waals surface area (Å²) in [6, 6.07) is 18.0. The van der Waals surface area contributed by atoms with Crippen LogP contribution < -0.4 is 9.47 Å². The molecular formula is C22H20O6. The average molecular weight is 380 g/mol. The Morgan fingerprint density at radius 2 is 1.54 bits per heavy atom. The van der Waals surface area contributed by atoms with Gasteiger partial charge in [0.05, 0.1) is 19.8 Å². The Balaban J connectivity index is 1.80. The first-order valence-corrected chi connectivity index (χ1v) is 8.64. The van der Waals surface area contributed by atoms with Gasteiger partial charge in [-0.25, -0.2) is 9.59 Å². The topological polar surface area (TPSA) is 82.1 Å². The molecule has 0 saturated heterocycles. The molecule has 1 N–H and O–H groups in total. The standard InChI is InChI=1S/C22H20O6/c1-26-18-11-17(12-19(13-18)27-2)22(25)28-20(21(23)24)10-14-7-8-15-5-3-4-6-16(15)9-14/h3-9,11-13,20H,10H2,1-2H3,(H,23,24)/t20-/m1/s1. The van der Waals surface area contributed by atoms with Crippen LogP contribution in [0.3, 0.4) is 0 Å². The summed E-state index contributed by atoms with van der Waals surface area (Å²) < 4.78 is 15.5. The number of carbonyl (C=O) groups is 2. The minimum Gasteiger partial charge on any atom is -0.497 e. The van der Waals surface area contributed by atoms with Gasteiger partial charge in [0, 0.05) is 12.5 Å². The van der Waals surface area contributed by atoms with Crippen molar-refractivity contribution < 1.29 is 28.9 Å². The number of aliphatic carboxylic acids is 1. The number of esters is 1. The van der Waals surface area contributed by atoms with Gasteiger partial charge in [-0.3, -0.25) is 0 Å². The molecule has 1 atom stereocenters. The first kappa shape index (κ1) is 19.2. The van der Waals surface area contributed by atoms with Crippen molar-refractivity contribution in [1.29, 1.82) is 0 Å². The summed E-state index contributed by atoms with van der Waals surface area (Å²) >= 11 is 0. The summed E-state index contributed by atoms with van der Waals surface area (Å²) in [7, 11) is 2.92. The second-order valence-electron chi connectivity index (χ2n) is 6.22. The van der Waals surface area contributed by atoms with Gasteiger partial charge in [-0.2, -0.15) is 0 Å². The van der Waals surface area contributed by atoms with Gasteiger partial charge in [0.25, 0.3) is 0 Å². The van der Waals surface area contributed by atoms with Crippen molar-refractivity contribution in [2.75, 3.05) is 14.2 Å². The number of hydrogen-bond donors (Lipinski definition) is 1. The van der Waals surface area contributed by atoms with Crippen molar-refractivity contribution in [1.82, 2.24) is 0 Å². The second kappa shape index (κ2) is 8.43. The van der Waals surface area contributed by atoms with Gasteiger partial charge in [0.2, 0.25) is 6.10 Å². The predicted molar refractivity (Wildman–Crippen MR) is 104 cm³/mol. The van der Waals surface area contributed by atoms with Crippen molar-refractivity contribution in [3.8, 4) is 11.5 Å². The minimum absolute atomic E-state index is 0.0625. The van der Waals surface area contributed by atoms with Crippen LogP contribution in [0.25, 0.3) is 10.8 Å². The average Bonchev–Trinajstić information content (AvgIpc) is 2.72. The lowest BCUT2D eigenvalue weighted by molar-refractivity contribution is -0.147. The van der Waals surface area contributed by atoms with E-state index < -0.39 is 18.0 Å². The highest BCUT2D eigenvalue weighted by Gasteiger charge is 2.24. The molecule has 6 heteroatoms. The van der Waals surface area contributed by atoms with E-state index in [2.05, 4.69) is 0 Å². The second-order valence-corrected chi connectivity index (χ2v) is 6.22. The van der Waals surface area contributed by atoms with E-state index in [1.54, 1.807) is 6.07 Å². The molecule has 0 spiro atoms. The number of rotatable bonds is 7. The smallest absolute Gasteiger partial charge is 0.345 e. The Morgan fingerprint density at radius 1 is 0.893 bits per heavy atom. The van der Waals surface area contributed by atoms with Crippen LogP contribution >= 0.6 is 0 Å². The summed E-state index contributed by atoms with van der Waals surface area (Å²) in [6.45, 7) is 0. The van der Waals surface area contributed by atoms with Gasteiger partial charge < -0.3 is 19.3 Å². The van der Waals surface area contributed by atoms with Gasteiger partial charge in [-0.15, -0.1) is 0 Å². The number of carboxylic acid groups (broad SMARTS) is 1. The lowest BCUT2D eigenvalue weighted by Gasteiger charge is -2.15. The highest BCUT2D eigenvalue weighted by molar-refractivity contribution is 5.92. The summed E-state index contributed by atoms with van der Waals surface area (Å²) in [5.74, 6) is -1.15. The fourth-order valence-electron chi connectivity index (χ4n) is 2.88. The third-order valence-corrected chi connectivity index (χ3v) is 4.35. The summed E-state index contributed by atoms with van der Waals surface area (Å²) in [6.07, 6.45) is -1.25. The summed E-state index contributed by atoms with van der Waals surface area (Å²) in [4.78, 5) is 24.2. The van der Waals surface area contributed by atoms with Crippen LogP contribution in [-0.2, 0) is 16.0 Å². The molecular weight excluding hydrogens is 360 g/mol. The number of carboxylic acids is 1. The maximum Gasteiger partial charge on any atom is 0.345 e. The molecule has 0 unspecified atom stereocenters. The van der Waals surface area contributed by atoms with E-state index in [1.165, 1.54) is 26.4 Å². The number of benzene rings is 3. The molecule has 0 aliphatic rings. The Bertz CT molecular complexity index is 989. The molecule has 0 heterocycles. The maximum atomic E-state index is 12.5. The van der Waals surface area contributed by atoms with Crippen molar-refractivity contribution in [2.45, 2.75) is 12.5 Å². The molecule has 0 fully saturated rings. The number of ether oxygens (including phenoxy) is 3. The molecule has 3 rings (SSSR count). The Hall–Kier alpha value is -3.54. The van der Waals surface area contributed by atoms with E-state index in [0.717, 1.165) is 16.3 Å². The maximum absolute atomic E-state index is 12.5. The number of fused-ring (bicyclic) bond motifs is 1. The molecule has 0 aromatic heterocycles. The van der Waals surface area contributed by atoms with E-state index in [0.29, 0.717) is 11.5 Å². The zero-order valence-electron chi connectivity index (χ0n) is 15.5. The van der Waals surface area contributed by atoms with E-state index >= 15 is 0 Å². The SMILES string of the molecule is COc1cc(OC)cc(C(=O)O[C@H](Cc2ccc3ccccc3c2)C(=O)O)c1. The zero-order chi connectivity index (χ0) is 20.1. The highest BCUT2D eigenvalue weighted by atomic mass is 16.6. The lowest BCUT2D eigenvalue weighted by atomic mass is 10.0. The Labute approximate surface area is 162 Å². The molecule has 3 aromatic carbocycles. The third-order valence-electron chi connectivity index (χ3n) is 4.35. The number of hydrogen-bond acceptors (Lipinski definition) is 5. The molecule has 0 saturated carbocycles. The van der Waals surface area contributed by atoms with Crippen molar-refractivity contribution in [3.63, 3.8) is 0 Å². The third kappa shape index (κ3) is 4.40. The zero-order valence-corrected chi connectivity index (χ0v) is 15.5. The van der Waals surface area contributed by atoms with Crippen molar-refractivity contribution >= 4 is 22.7 Å². The van der Waals surface area contributed by atoms with Gasteiger partial charge in [-0.1, -0.05) is 42.5 Å². The Morgan fingerprint density at radius 3 is 2.14 bits per heavy atom. The Kier molecular flexibility index (Phi) is 5.79. The van der Waals surface area contributed by atoms with Crippen LogP contribution in [0.1, 0.15) is 15.9 Å². The first-order valence-electron chi connectivity index (χ1n) is 8.64. The van der Waals surface area contributed by atoms with Crippen LogP contribution in [0.2, 0.25) is 0 Å². The molecule has 28 heavy (non-hydrogen) atoms. The van der Waals surface area contributed by atoms with Crippen LogP contribution in [0, 0.1) is 0 Å². The number of methoxy groups -OCH3 is 2. The predicted octanol–water partition coefficient (Wildman–Crippen LogP) is 3.71. The summed E-state index contributed by atoms with van der Waals surface area (Å²) in [5.41, 5.74) is 0.920. The normalized spacial score (nSPS) is 11.6. The van der Waals surface area contributed by atoms with Gasteiger partial charge in [0.15, 0.2) is 0 Å². The van der Waals surface area contributed by atoms with Gasteiger partial charge >= 0.3 is 11.9 Å². The van der Waals surface area contributed by atoms with Crippen LogP contribution in [0.4, 0.5) is 0 Å². The first-order chi connectivity index (χ1) is 13.5. The molecule has 3 aromatic rings. The molecule has 0 amide bonds. The minimum atomic E-state index is -1.31. The van der Waals surface area contributed by atoms with Gasteiger partial charge in [0.1, 0.15) is 11.5 Å². The van der Waals surface area contributed by atoms with Crippen LogP contribution in [-0.4, -0.2) is 37.4 Å². The molecule has 0 bridgehead atoms. The van der Waals surface area contributed by atoms with Crippen molar-refractivity contribution in [2.24, 2.45) is 0 Å². The quantitative estimate of drug-likeness (QED) is 0.629. The lowest BCUT2D eigenvalue weighted by Crippen LogP contribution is -2.29. The molecule has 144 valence electrons. The molecule has 0 radical (unpaired) electrons. The molecule has 6 nitrogen and oxygen atoms in total. The van der Waals surface area contributed by atoms with E-state index in [1.807, 2.05) is 42.5 Å². The summed E-state index contributed by atoms with van der Waals surface area (Å²) in [5, 5.41) is 11.6. The molecule has 0 aliphatic heterocycles. The van der Waals surface area contributed by atoms with E-state index in [-0.39, 0.29) is 12.0 Å². The largest absolute Gasteiger partial charge is 0.497 e. The van der Waals surface area contributed by atoms with Crippen LogP contribution in [0.15, 0.2) is 60.7 Å². The van der Waals surface area contributed by atoms with Crippen molar-refractivity contribution in [3.05, 3.63) is 71.8 Å². The fraction of sp³-hybridized carbons (Fsp3) is 0.182. The van der Waals surface area contributed by atoms with Gasteiger partial charge in [-0.05, 0) is 28.5 Å².